The van der Waals surface area contributed by atoms with Crippen molar-refractivity contribution in [3.8, 4) is 5.75 Å². The molecule has 1 atom stereocenters. The normalized spacial score (nSPS) is 12.2. The molecular formula is C13H14BrN3O. The average molecular weight is 308 g/mol. The maximum absolute atomic E-state index is 5.66. The third-order valence-electron chi connectivity index (χ3n) is 2.68. The molecule has 0 saturated carbocycles. The van der Waals surface area contributed by atoms with Crippen LogP contribution in [-0.4, -0.2) is 12.1 Å². The van der Waals surface area contributed by atoms with Crippen LogP contribution in [0.1, 0.15) is 17.3 Å². The number of hydrogen-bond acceptors (Lipinski definition) is 4. The molecule has 1 aromatic heterocycles. The Labute approximate surface area is 114 Å². The molecule has 0 spiro atoms. The minimum atomic E-state index is -0.225. The molecule has 4 nitrogen and oxygen atoms in total. The van der Waals surface area contributed by atoms with Crippen molar-refractivity contribution in [2.45, 2.75) is 6.04 Å². The van der Waals surface area contributed by atoms with E-state index in [1.165, 1.54) is 0 Å². The largest absolute Gasteiger partial charge is 0.495 e. The van der Waals surface area contributed by atoms with Gasteiger partial charge in [-0.2, -0.15) is 0 Å². The highest BCUT2D eigenvalue weighted by Gasteiger charge is 2.19. The summed E-state index contributed by atoms with van der Waals surface area (Å²) in [6.45, 7) is 0. The van der Waals surface area contributed by atoms with Gasteiger partial charge in [0, 0.05) is 10.7 Å². The van der Waals surface area contributed by atoms with E-state index in [1.807, 2.05) is 36.4 Å². The number of methoxy groups -OCH3 is 1. The summed E-state index contributed by atoms with van der Waals surface area (Å²) < 4.78 is 6.29. The first-order valence-corrected chi connectivity index (χ1v) is 6.26. The predicted molar refractivity (Wildman–Crippen MR) is 74.1 cm³/mol. The highest BCUT2D eigenvalue weighted by atomic mass is 79.9. The zero-order valence-corrected chi connectivity index (χ0v) is 11.5. The van der Waals surface area contributed by atoms with Crippen LogP contribution < -0.4 is 16.0 Å². The molecule has 1 unspecified atom stereocenters. The van der Waals surface area contributed by atoms with Gasteiger partial charge in [0.15, 0.2) is 0 Å². The van der Waals surface area contributed by atoms with Crippen molar-refractivity contribution in [3.63, 3.8) is 0 Å². The summed E-state index contributed by atoms with van der Waals surface area (Å²) >= 11 is 3.52. The molecule has 5 heteroatoms. The van der Waals surface area contributed by atoms with E-state index >= 15 is 0 Å². The second-order valence-corrected chi connectivity index (χ2v) is 4.57. The molecule has 0 aliphatic heterocycles. The first kappa shape index (κ1) is 13.0. The van der Waals surface area contributed by atoms with Gasteiger partial charge < -0.3 is 4.74 Å². The number of benzene rings is 1. The lowest BCUT2D eigenvalue weighted by atomic mass is 10.0. The van der Waals surface area contributed by atoms with Crippen LogP contribution in [0.4, 0.5) is 0 Å². The lowest BCUT2D eigenvalue weighted by molar-refractivity contribution is 0.400. The zero-order chi connectivity index (χ0) is 13.0. The number of nitrogens with two attached hydrogens (primary N) is 1. The van der Waals surface area contributed by atoms with Crippen LogP contribution in [0, 0.1) is 0 Å². The summed E-state index contributed by atoms with van der Waals surface area (Å²) in [5.41, 5.74) is 4.55. The van der Waals surface area contributed by atoms with Crippen molar-refractivity contribution in [2.75, 3.05) is 7.11 Å². The molecule has 0 aliphatic carbocycles. The van der Waals surface area contributed by atoms with E-state index in [9.17, 15) is 0 Å². The lowest BCUT2D eigenvalue weighted by Gasteiger charge is -2.19. The molecule has 18 heavy (non-hydrogen) atoms. The Kier molecular flexibility index (Phi) is 4.30. The summed E-state index contributed by atoms with van der Waals surface area (Å²) in [5.74, 6) is 6.37. The molecule has 1 aromatic carbocycles. The summed E-state index contributed by atoms with van der Waals surface area (Å²) in [5, 5.41) is 0. The molecule has 94 valence electrons. The Balaban J connectivity index is 2.49. The number of hydrazine groups is 1. The monoisotopic (exact) mass is 307 g/mol. The zero-order valence-electron chi connectivity index (χ0n) is 9.93. The van der Waals surface area contributed by atoms with Crippen LogP contribution in [0.2, 0.25) is 0 Å². The van der Waals surface area contributed by atoms with Crippen molar-refractivity contribution in [3.05, 3.63) is 58.3 Å². The fraction of sp³-hybridized carbons (Fsp3) is 0.154. The minimum absolute atomic E-state index is 0.225. The van der Waals surface area contributed by atoms with E-state index in [1.54, 1.807) is 13.3 Å². The molecule has 0 saturated heterocycles. The lowest BCUT2D eigenvalue weighted by Crippen LogP contribution is -2.30. The number of ether oxygens (including phenoxy) is 1. The SMILES string of the molecule is COc1cccnc1C(NN)c1ccccc1Br. The third kappa shape index (κ3) is 2.53. The summed E-state index contributed by atoms with van der Waals surface area (Å²) in [7, 11) is 1.62. The van der Waals surface area contributed by atoms with Crippen LogP contribution >= 0.6 is 15.9 Å². The van der Waals surface area contributed by atoms with E-state index in [-0.39, 0.29) is 6.04 Å². The van der Waals surface area contributed by atoms with Crippen LogP contribution in [0.15, 0.2) is 47.1 Å². The van der Waals surface area contributed by atoms with Crippen molar-refractivity contribution >= 4 is 15.9 Å². The Bertz CT molecular complexity index is 533. The van der Waals surface area contributed by atoms with Crippen molar-refractivity contribution in [1.82, 2.24) is 10.4 Å². The van der Waals surface area contributed by atoms with E-state index in [0.717, 1.165) is 15.7 Å². The maximum atomic E-state index is 5.66. The fourth-order valence-electron chi connectivity index (χ4n) is 1.82. The fourth-order valence-corrected chi connectivity index (χ4v) is 2.33. The summed E-state index contributed by atoms with van der Waals surface area (Å²) in [6.07, 6.45) is 1.72. The molecule has 0 aliphatic rings. The van der Waals surface area contributed by atoms with Gasteiger partial charge in [0.25, 0.3) is 0 Å². The number of pyridine rings is 1. The Morgan fingerprint density at radius 3 is 2.72 bits per heavy atom. The van der Waals surface area contributed by atoms with E-state index < -0.39 is 0 Å². The van der Waals surface area contributed by atoms with E-state index in [2.05, 4.69) is 26.3 Å². The first-order valence-electron chi connectivity index (χ1n) is 5.47. The van der Waals surface area contributed by atoms with Gasteiger partial charge in [-0.25, -0.2) is 5.43 Å². The van der Waals surface area contributed by atoms with Gasteiger partial charge in [-0.3, -0.25) is 10.8 Å². The van der Waals surface area contributed by atoms with E-state index in [4.69, 9.17) is 10.6 Å². The van der Waals surface area contributed by atoms with Crippen LogP contribution in [0.3, 0.4) is 0 Å². The quantitative estimate of drug-likeness (QED) is 0.672. The van der Waals surface area contributed by atoms with Gasteiger partial charge in [-0.1, -0.05) is 34.1 Å². The van der Waals surface area contributed by atoms with Gasteiger partial charge in [-0.05, 0) is 23.8 Å². The van der Waals surface area contributed by atoms with E-state index in [0.29, 0.717) is 5.75 Å². The molecule has 2 rings (SSSR count). The Hall–Kier alpha value is -1.43. The van der Waals surface area contributed by atoms with Gasteiger partial charge >= 0.3 is 0 Å². The number of rotatable bonds is 4. The van der Waals surface area contributed by atoms with Gasteiger partial charge in [0.05, 0.1) is 13.2 Å². The minimum Gasteiger partial charge on any atom is -0.495 e. The van der Waals surface area contributed by atoms with Gasteiger partial charge in [-0.15, -0.1) is 0 Å². The smallest absolute Gasteiger partial charge is 0.142 e. The van der Waals surface area contributed by atoms with Crippen molar-refractivity contribution in [1.29, 1.82) is 0 Å². The van der Waals surface area contributed by atoms with Crippen LogP contribution in [0.5, 0.6) is 5.75 Å². The molecule has 1 heterocycles. The van der Waals surface area contributed by atoms with Crippen LogP contribution in [-0.2, 0) is 0 Å². The molecule has 0 amide bonds. The molecule has 0 radical (unpaired) electrons. The number of aromatic nitrogens is 1. The first-order chi connectivity index (χ1) is 8.77. The number of hydrogen-bond donors (Lipinski definition) is 2. The summed E-state index contributed by atoms with van der Waals surface area (Å²) in [6, 6.07) is 11.3. The average Bonchev–Trinajstić information content (AvgIpc) is 2.42. The van der Waals surface area contributed by atoms with Crippen molar-refractivity contribution in [2.24, 2.45) is 5.84 Å². The van der Waals surface area contributed by atoms with Gasteiger partial charge in [0.2, 0.25) is 0 Å². The molecule has 0 bridgehead atoms. The maximum Gasteiger partial charge on any atom is 0.142 e. The third-order valence-corrected chi connectivity index (χ3v) is 3.40. The number of nitrogens with one attached hydrogen (secondary N) is 1. The highest BCUT2D eigenvalue weighted by molar-refractivity contribution is 9.10. The van der Waals surface area contributed by atoms with Crippen LogP contribution in [0.25, 0.3) is 0 Å². The Morgan fingerprint density at radius 2 is 2.06 bits per heavy atom. The topological polar surface area (TPSA) is 60.2 Å². The standard InChI is InChI=1S/C13H14BrN3O/c1-18-11-7-4-8-16-13(11)12(17-15)9-5-2-3-6-10(9)14/h2-8,12,17H,15H2,1H3. The summed E-state index contributed by atoms with van der Waals surface area (Å²) in [4.78, 5) is 4.35. The highest BCUT2D eigenvalue weighted by Crippen LogP contribution is 2.31. The number of nitrogens with zero attached hydrogens (tertiary/aromatic N) is 1. The van der Waals surface area contributed by atoms with Gasteiger partial charge in [0.1, 0.15) is 11.4 Å². The predicted octanol–water partition coefficient (Wildman–Crippen LogP) is 2.41. The second-order valence-electron chi connectivity index (χ2n) is 3.71. The second kappa shape index (κ2) is 5.95. The van der Waals surface area contributed by atoms with Crippen molar-refractivity contribution < 1.29 is 4.74 Å². The molecule has 3 N–H and O–H groups in total. The molecular weight excluding hydrogens is 294 g/mol. The Morgan fingerprint density at radius 1 is 1.28 bits per heavy atom. The molecule has 2 aromatic rings. The molecule has 0 fully saturated rings. The number of halogens is 1.